The number of carboxylic acids is 1. The van der Waals surface area contributed by atoms with E-state index in [0.29, 0.717) is 6.10 Å². The summed E-state index contributed by atoms with van der Waals surface area (Å²) in [5.74, 6) is -0.833. The van der Waals surface area contributed by atoms with Gasteiger partial charge in [0.25, 0.3) is 5.97 Å². The predicted octanol–water partition coefficient (Wildman–Crippen LogP) is 1.05. The summed E-state index contributed by atoms with van der Waals surface area (Å²) in [5, 5.41) is 7.42. The molecule has 0 bridgehead atoms. The molecule has 0 spiro atoms. The summed E-state index contributed by atoms with van der Waals surface area (Å²) in [5.41, 5.74) is 0. The molecular weight excluding hydrogens is 209 g/mol. The Bertz CT molecular complexity index is 87.0. The smallest absolute Gasteiger partial charge is 0.300 e. The molecule has 3 nitrogen and oxygen atoms in total. The number of ether oxygens (including phenoxy) is 1. The summed E-state index contributed by atoms with van der Waals surface area (Å²) in [6.07, 6.45) is 1.65. The molecule has 1 saturated heterocycles. The van der Waals surface area contributed by atoms with Crippen LogP contribution in [0.2, 0.25) is 0 Å². The van der Waals surface area contributed by atoms with Gasteiger partial charge in [-0.3, -0.25) is 4.79 Å². The van der Waals surface area contributed by atoms with Gasteiger partial charge in [0.2, 0.25) is 0 Å². The Hall–Kier alpha value is 0.534. The fourth-order valence-corrected chi connectivity index (χ4v) is 0.289. The monoisotopic (exact) mass is 220 g/mol. The van der Waals surface area contributed by atoms with Crippen LogP contribution in [-0.4, -0.2) is 17.2 Å². The first-order valence-electron chi connectivity index (χ1n) is 2.79. The minimum atomic E-state index is -0.833. The Labute approximate surface area is 86.0 Å². The van der Waals surface area contributed by atoms with Crippen molar-refractivity contribution in [2.75, 3.05) is 0 Å². The molecule has 1 fully saturated rings. The minimum absolute atomic E-state index is 0. The molecule has 10 heavy (non-hydrogen) atoms. The summed E-state index contributed by atoms with van der Waals surface area (Å²) < 4.78 is 4.81. The first-order valence-corrected chi connectivity index (χ1v) is 2.79. The van der Waals surface area contributed by atoms with Crippen LogP contribution in [0.25, 0.3) is 0 Å². The van der Waals surface area contributed by atoms with E-state index in [9.17, 15) is 0 Å². The van der Waals surface area contributed by atoms with Gasteiger partial charge in [-0.1, -0.05) is 0 Å². The number of rotatable bonds is 0. The van der Waals surface area contributed by atoms with Gasteiger partial charge in [0.15, 0.2) is 0 Å². The largest absolute Gasteiger partial charge is 0.551 e. The second-order valence-electron chi connectivity index (χ2n) is 1.87. The van der Waals surface area contributed by atoms with Crippen molar-refractivity contribution >= 4 is 5.97 Å². The molecule has 57 valence electrons. The first kappa shape index (κ1) is 13.1. The maximum absolute atomic E-state index is 9.00. The van der Waals surface area contributed by atoms with Crippen LogP contribution in [-0.2, 0) is 42.2 Å². The third kappa shape index (κ3) is 11.3. The van der Waals surface area contributed by atoms with Crippen molar-refractivity contribution in [2.45, 2.75) is 26.4 Å². The van der Waals surface area contributed by atoms with Crippen LogP contribution in [0.4, 0.5) is 0 Å². The predicted molar refractivity (Wildman–Crippen MR) is 32.8 cm³/mol. The van der Waals surface area contributed by atoms with Crippen LogP contribution in [0.5, 0.6) is 0 Å². The topological polar surface area (TPSA) is 46.5 Å². The van der Waals surface area contributed by atoms with E-state index in [-0.39, 0.29) is 32.7 Å². The normalized spacial score (nSPS) is 20.8. The van der Waals surface area contributed by atoms with Gasteiger partial charge >= 0.3 is 0 Å². The Kier molecular flexibility index (Phi) is 10.0. The number of aliphatic carboxylic acids is 1. The standard InChI is InChI=1S/C4H7O.C2H4O2.Y/c1-4-2-3-5-4;1-2(3)4;/h3-4H,2H2,1H3;1H3,(H,3,4);/q-1;;. The van der Waals surface area contributed by atoms with E-state index in [0.717, 1.165) is 13.3 Å². The molecule has 0 saturated carbocycles. The Morgan fingerprint density at radius 1 is 1.80 bits per heavy atom. The third-order valence-electron chi connectivity index (χ3n) is 0.757. The van der Waals surface area contributed by atoms with Crippen molar-refractivity contribution in [3.63, 3.8) is 0 Å². The molecule has 0 aromatic heterocycles. The molecule has 1 heterocycles. The second-order valence-corrected chi connectivity index (χ2v) is 1.87. The first-order chi connectivity index (χ1) is 4.13. The van der Waals surface area contributed by atoms with Gasteiger partial charge in [-0.05, 0) is 13.0 Å². The summed E-state index contributed by atoms with van der Waals surface area (Å²) in [4.78, 5) is 9.00. The summed E-state index contributed by atoms with van der Waals surface area (Å²) >= 11 is 0. The molecule has 1 aliphatic heterocycles. The van der Waals surface area contributed by atoms with Gasteiger partial charge in [-0.2, -0.15) is 0 Å². The van der Waals surface area contributed by atoms with E-state index in [2.05, 4.69) is 6.92 Å². The fraction of sp³-hybridized carbons (Fsp3) is 0.667. The van der Waals surface area contributed by atoms with Crippen molar-refractivity contribution in [1.29, 1.82) is 0 Å². The van der Waals surface area contributed by atoms with Crippen molar-refractivity contribution in [2.24, 2.45) is 0 Å². The van der Waals surface area contributed by atoms with Crippen molar-refractivity contribution in [3.05, 3.63) is 6.61 Å². The van der Waals surface area contributed by atoms with Gasteiger partial charge in [-0.15, -0.1) is 6.42 Å². The molecule has 0 aromatic carbocycles. The molecule has 1 radical (unpaired) electrons. The van der Waals surface area contributed by atoms with E-state index in [1.165, 1.54) is 0 Å². The zero-order valence-electron chi connectivity index (χ0n) is 6.20. The molecule has 0 aliphatic carbocycles. The molecule has 1 unspecified atom stereocenters. The van der Waals surface area contributed by atoms with Crippen LogP contribution < -0.4 is 0 Å². The van der Waals surface area contributed by atoms with Gasteiger partial charge in [0.05, 0.1) is 0 Å². The molecule has 0 amide bonds. The Morgan fingerprint density at radius 3 is 2.00 bits per heavy atom. The summed E-state index contributed by atoms with van der Waals surface area (Å²) in [6, 6.07) is 0. The maximum Gasteiger partial charge on any atom is 0.300 e. The van der Waals surface area contributed by atoms with Gasteiger partial charge in [0.1, 0.15) is 0 Å². The van der Waals surface area contributed by atoms with E-state index < -0.39 is 5.97 Å². The molecule has 1 N–H and O–H groups in total. The van der Waals surface area contributed by atoms with E-state index >= 15 is 0 Å². The van der Waals surface area contributed by atoms with E-state index in [4.69, 9.17) is 14.6 Å². The SMILES string of the molecule is CC(=O)O.CC1C[CH-]O1.[Y]. The molecule has 1 atom stereocenters. The zero-order chi connectivity index (χ0) is 7.28. The quantitative estimate of drug-likeness (QED) is 0.620. The summed E-state index contributed by atoms with van der Waals surface area (Å²) in [7, 11) is 0. The van der Waals surface area contributed by atoms with Crippen LogP contribution in [0.1, 0.15) is 20.3 Å². The van der Waals surface area contributed by atoms with E-state index in [1.54, 1.807) is 0 Å². The average Bonchev–Trinajstić information content (AvgIpc) is 1.59. The number of carbonyl (C=O) groups is 1. The van der Waals surface area contributed by atoms with Crippen LogP contribution >= 0.6 is 0 Å². The van der Waals surface area contributed by atoms with Crippen LogP contribution in [0, 0.1) is 6.61 Å². The van der Waals surface area contributed by atoms with Gasteiger partial charge in [-0.25, -0.2) is 6.61 Å². The maximum atomic E-state index is 9.00. The van der Waals surface area contributed by atoms with Crippen LogP contribution in [0.3, 0.4) is 0 Å². The zero-order valence-corrected chi connectivity index (χ0v) is 9.04. The van der Waals surface area contributed by atoms with Crippen LogP contribution in [0.15, 0.2) is 0 Å². The molecule has 1 aliphatic rings. The van der Waals surface area contributed by atoms with E-state index in [1.807, 2.05) is 6.61 Å². The van der Waals surface area contributed by atoms with Crippen molar-refractivity contribution in [3.8, 4) is 0 Å². The molecule has 4 heteroatoms. The van der Waals surface area contributed by atoms with Crippen molar-refractivity contribution < 1.29 is 47.3 Å². The minimum Gasteiger partial charge on any atom is -0.551 e. The average molecular weight is 220 g/mol. The number of hydrogen-bond acceptors (Lipinski definition) is 2. The third-order valence-corrected chi connectivity index (χ3v) is 0.757. The Morgan fingerprint density at radius 2 is 2.00 bits per heavy atom. The van der Waals surface area contributed by atoms with Gasteiger partial charge < -0.3 is 9.84 Å². The second kappa shape index (κ2) is 7.64. The van der Waals surface area contributed by atoms with Crippen molar-refractivity contribution in [1.82, 2.24) is 0 Å². The number of carboxylic acid groups (broad SMARTS) is 1. The Balaban J connectivity index is 0. The molecule has 1 rings (SSSR count). The molecular formula is C6H11O3Y-. The summed E-state index contributed by atoms with van der Waals surface area (Å²) in [6.45, 7) is 4.96. The number of hydrogen-bond donors (Lipinski definition) is 1. The fourth-order valence-electron chi connectivity index (χ4n) is 0.289. The van der Waals surface area contributed by atoms with Gasteiger partial charge in [0, 0.05) is 39.6 Å². The molecule has 0 aromatic rings.